The number of hydrogen-bond donors (Lipinski definition) is 4. The molecule has 0 saturated carbocycles. The van der Waals surface area contributed by atoms with Gasteiger partial charge in [0.15, 0.2) is 6.04 Å². The number of aliphatic hydroxyl groups is 1. The molecule has 1 aliphatic carbocycles. The SMILES string of the molecule is CC(O)C(NC(=O)c1cc(NC(=O)OCC2c3ccccc3-c3ccccc32)ccc1Br)C(=O)O. The van der Waals surface area contributed by atoms with Crippen LogP contribution in [0.5, 0.6) is 0 Å². The summed E-state index contributed by atoms with van der Waals surface area (Å²) in [7, 11) is 0. The summed E-state index contributed by atoms with van der Waals surface area (Å²) in [5, 5.41) is 23.7. The van der Waals surface area contributed by atoms with Gasteiger partial charge < -0.3 is 20.3 Å². The first-order chi connectivity index (χ1) is 16.8. The van der Waals surface area contributed by atoms with Crippen LogP contribution in [-0.4, -0.2) is 46.9 Å². The second-order valence-corrected chi connectivity index (χ2v) is 9.03. The fourth-order valence-electron chi connectivity index (χ4n) is 4.14. The van der Waals surface area contributed by atoms with E-state index in [0.29, 0.717) is 10.2 Å². The fraction of sp³-hybridized carbons (Fsp3) is 0.192. The number of carboxylic acid groups (broad SMARTS) is 1. The molecule has 0 spiro atoms. The van der Waals surface area contributed by atoms with Crippen molar-refractivity contribution < 1.29 is 29.3 Å². The van der Waals surface area contributed by atoms with Crippen LogP contribution in [-0.2, 0) is 9.53 Å². The number of carbonyl (C=O) groups excluding carboxylic acids is 2. The molecule has 0 aliphatic heterocycles. The van der Waals surface area contributed by atoms with Gasteiger partial charge in [-0.15, -0.1) is 0 Å². The molecule has 2 atom stereocenters. The van der Waals surface area contributed by atoms with Crippen LogP contribution in [0.4, 0.5) is 10.5 Å². The molecule has 9 heteroatoms. The van der Waals surface area contributed by atoms with Gasteiger partial charge in [-0.3, -0.25) is 10.1 Å². The predicted octanol–water partition coefficient (Wildman–Crippen LogP) is 4.37. The smallest absolute Gasteiger partial charge is 0.411 e. The molecule has 180 valence electrons. The molecule has 3 aromatic rings. The number of aliphatic carboxylic acids is 1. The number of benzene rings is 3. The Morgan fingerprint density at radius 2 is 1.60 bits per heavy atom. The summed E-state index contributed by atoms with van der Waals surface area (Å²) >= 11 is 3.25. The monoisotopic (exact) mass is 538 g/mol. The first-order valence-corrected chi connectivity index (χ1v) is 11.7. The number of carbonyl (C=O) groups is 3. The molecular formula is C26H23BrN2O6. The van der Waals surface area contributed by atoms with Gasteiger partial charge >= 0.3 is 12.1 Å². The van der Waals surface area contributed by atoms with E-state index < -0.39 is 30.1 Å². The first-order valence-electron chi connectivity index (χ1n) is 10.9. The zero-order chi connectivity index (χ0) is 25.1. The Labute approximate surface area is 210 Å². The van der Waals surface area contributed by atoms with Gasteiger partial charge in [-0.05, 0) is 63.3 Å². The molecule has 0 heterocycles. The van der Waals surface area contributed by atoms with Crippen molar-refractivity contribution in [2.45, 2.75) is 25.0 Å². The minimum atomic E-state index is -1.48. The van der Waals surface area contributed by atoms with E-state index in [2.05, 4.69) is 38.7 Å². The lowest BCUT2D eigenvalue weighted by Crippen LogP contribution is -2.47. The zero-order valence-electron chi connectivity index (χ0n) is 18.7. The van der Waals surface area contributed by atoms with Gasteiger partial charge in [-0.1, -0.05) is 48.5 Å². The van der Waals surface area contributed by atoms with Crippen LogP contribution in [0.3, 0.4) is 0 Å². The van der Waals surface area contributed by atoms with Crippen LogP contribution >= 0.6 is 15.9 Å². The number of amides is 2. The van der Waals surface area contributed by atoms with Crippen molar-refractivity contribution in [3.63, 3.8) is 0 Å². The van der Waals surface area contributed by atoms with Gasteiger partial charge in [0.05, 0.1) is 11.7 Å². The third kappa shape index (κ3) is 5.21. The molecule has 4 N–H and O–H groups in total. The minimum Gasteiger partial charge on any atom is -0.480 e. The van der Waals surface area contributed by atoms with E-state index in [1.54, 1.807) is 12.1 Å². The van der Waals surface area contributed by atoms with Gasteiger partial charge in [-0.25, -0.2) is 9.59 Å². The van der Waals surface area contributed by atoms with E-state index in [1.807, 2.05) is 36.4 Å². The average molecular weight is 539 g/mol. The molecule has 0 fully saturated rings. The molecule has 2 amide bonds. The van der Waals surface area contributed by atoms with Gasteiger partial charge in [0.2, 0.25) is 0 Å². The number of anilines is 1. The van der Waals surface area contributed by atoms with Crippen molar-refractivity contribution in [3.8, 4) is 11.1 Å². The van der Waals surface area contributed by atoms with E-state index in [9.17, 15) is 24.6 Å². The molecule has 4 rings (SSSR count). The summed E-state index contributed by atoms with van der Waals surface area (Å²) in [6.45, 7) is 1.40. The van der Waals surface area contributed by atoms with Crippen molar-refractivity contribution in [2.24, 2.45) is 0 Å². The number of carboxylic acids is 1. The number of nitrogens with one attached hydrogen (secondary N) is 2. The highest BCUT2D eigenvalue weighted by Gasteiger charge is 2.29. The Balaban J connectivity index is 1.44. The molecule has 1 aliphatic rings. The van der Waals surface area contributed by atoms with Crippen molar-refractivity contribution in [1.82, 2.24) is 5.32 Å². The summed E-state index contributed by atoms with van der Waals surface area (Å²) in [6.07, 6.45) is -1.98. The first kappa shape index (κ1) is 24.4. The minimum absolute atomic E-state index is 0.0900. The highest BCUT2D eigenvalue weighted by Crippen LogP contribution is 2.44. The molecule has 35 heavy (non-hydrogen) atoms. The highest BCUT2D eigenvalue weighted by atomic mass is 79.9. The van der Waals surface area contributed by atoms with Crippen molar-refractivity contribution in [2.75, 3.05) is 11.9 Å². The fourth-order valence-corrected chi connectivity index (χ4v) is 4.56. The molecule has 3 aromatic carbocycles. The van der Waals surface area contributed by atoms with Crippen LogP contribution in [0.25, 0.3) is 11.1 Å². The average Bonchev–Trinajstić information content (AvgIpc) is 3.15. The zero-order valence-corrected chi connectivity index (χ0v) is 20.3. The maximum Gasteiger partial charge on any atom is 0.411 e. The second kappa shape index (κ2) is 10.3. The van der Waals surface area contributed by atoms with E-state index >= 15 is 0 Å². The lowest BCUT2D eigenvalue weighted by atomic mass is 9.98. The highest BCUT2D eigenvalue weighted by molar-refractivity contribution is 9.10. The molecule has 8 nitrogen and oxygen atoms in total. The second-order valence-electron chi connectivity index (χ2n) is 8.18. The number of ether oxygens (including phenoxy) is 1. The molecule has 2 unspecified atom stereocenters. The van der Waals surface area contributed by atoms with E-state index in [4.69, 9.17) is 4.74 Å². The summed E-state index contributed by atoms with van der Waals surface area (Å²) in [4.78, 5) is 36.4. The van der Waals surface area contributed by atoms with Crippen molar-refractivity contribution >= 4 is 39.6 Å². The summed E-state index contributed by atoms with van der Waals surface area (Å²) in [6, 6.07) is 19.1. The summed E-state index contributed by atoms with van der Waals surface area (Å²) < 4.78 is 5.92. The largest absolute Gasteiger partial charge is 0.480 e. The molecule has 0 bridgehead atoms. The Morgan fingerprint density at radius 3 is 2.17 bits per heavy atom. The van der Waals surface area contributed by atoms with E-state index in [0.717, 1.165) is 22.3 Å². The Bertz CT molecular complexity index is 1250. The van der Waals surface area contributed by atoms with Crippen LogP contribution in [0.1, 0.15) is 34.3 Å². The summed E-state index contributed by atoms with van der Waals surface area (Å²) in [5.74, 6) is -2.17. The Morgan fingerprint density at radius 1 is 1.00 bits per heavy atom. The van der Waals surface area contributed by atoms with Gasteiger partial charge in [0.25, 0.3) is 5.91 Å². The van der Waals surface area contributed by atoms with Crippen LogP contribution in [0.2, 0.25) is 0 Å². The number of rotatable bonds is 7. The standard InChI is InChI=1S/C26H23BrN2O6/c1-14(30)23(25(32)33)29-24(31)20-12-15(10-11-22(20)27)28-26(34)35-13-21-18-8-4-2-6-16(18)17-7-3-5-9-19(17)21/h2-12,14,21,23,30H,13H2,1H3,(H,28,34)(H,29,31)(H,32,33). The summed E-state index contributed by atoms with van der Waals surface area (Å²) in [5.41, 5.74) is 4.81. The van der Waals surface area contributed by atoms with Gasteiger partial charge in [0.1, 0.15) is 6.61 Å². The number of hydrogen-bond acceptors (Lipinski definition) is 5. The number of halogens is 1. The lowest BCUT2D eigenvalue weighted by Gasteiger charge is -2.18. The third-order valence-electron chi connectivity index (χ3n) is 5.84. The Kier molecular flexibility index (Phi) is 7.18. The molecule has 0 aromatic heterocycles. The number of fused-ring (bicyclic) bond motifs is 3. The van der Waals surface area contributed by atoms with Gasteiger partial charge in [0, 0.05) is 16.1 Å². The maximum atomic E-state index is 12.6. The van der Waals surface area contributed by atoms with Crippen LogP contribution < -0.4 is 10.6 Å². The normalized spacial score (nSPS) is 13.8. The maximum absolute atomic E-state index is 12.6. The van der Waals surface area contributed by atoms with Crippen LogP contribution in [0, 0.1) is 0 Å². The topological polar surface area (TPSA) is 125 Å². The van der Waals surface area contributed by atoms with Crippen LogP contribution in [0.15, 0.2) is 71.2 Å². The number of aliphatic hydroxyl groups excluding tert-OH is 1. The Hall–Kier alpha value is -3.69. The molecule has 0 saturated heterocycles. The van der Waals surface area contributed by atoms with E-state index in [1.165, 1.54) is 13.0 Å². The van der Waals surface area contributed by atoms with Crippen molar-refractivity contribution in [1.29, 1.82) is 0 Å². The third-order valence-corrected chi connectivity index (χ3v) is 6.53. The molecular weight excluding hydrogens is 516 g/mol. The quantitative estimate of drug-likeness (QED) is 0.354. The van der Waals surface area contributed by atoms with E-state index in [-0.39, 0.29) is 18.1 Å². The predicted molar refractivity (Wildman–Crippen MR) is 133 cm³/mol. The van der Waals surface area contributed by atoms with Crippen molar-refractivity contribution in [3.05, 3.63) is 87.9 Å². The van der Waals surface area contributed by atoms with Gasteiger partial charge in [-0.2, -0.15) is 0 Å². The molecule has 0 radical (unpaired) electrons. The lowest BCUT2D eigenvalue weighted by molar-refractivity contribution is -0.141.